The molecule has 1 aliphatic rings. The number of nitrogens with zero attached hydrogens (tertiary/aromatic N) is 1. The molecule has 0 saturated carbocycles. The molecule has 19 heavy (non-hydrogen) atoms. The van der Waals surface area contributed by atoms with Crippen LogP contribution in [0.1, 0.15) is 13.3 Å². The van der Waals surface area contributed by atoms with Gasteiger partial charge in [0.2, 0.25) is 10.0 Å². The van der Waals surface area contributed by atoms with Crippen molar-refractivity contribution in [2.75, 3.05) is 19.6 Å². The van der Waals surface area contributed by atoms with E-state index in [-0.39, 0.29) is 17.8 Å². The Morgan fingerprint density at radius 2 is 2.05 bits per heavy atom. The predicted octanol–water partition coefficient (Wildman–Crippen LogP) is 2.23. The molecule has 0 spiro atoms. The second kappa shape index (κ2) is 6.10. The second-order valence-electron chi connectivity index (χ2n) is 5.03. The van der Waals surface area contributed by atoms with Gasteiger partial charge in [-0.1, -0.05) is 19.1 Å². The highest BCUT2D eigenvalue weighted by molar-refractivity contribution is 9.10. The quantitative estimate of drug-likeness (QED) is 0.888. The first-order valence-electron chi connectivity index (χ1n) is 5.84. The van der Waals surface area contributed by atoms with Gasteiger partial charge in [-0.15, -0.1) is 12.4 Å². The van der Waals surface area contributed by atoms with Crippen molar-refractivity contribution in [3.8, 4) is 0 Å². The van der Waals surface area contributed by atoms with Gasteiger partial charge in [0.05, 0.1) is 4.90 Å². The summed E-state index contributed by atoms with van der Waals surface area (Å²) < 4.78 is 27.2. The van der Waals surface area contributed by atoms with Crippen molar-refractivity contribution in [3.05, 3.63) is 28.7 Å². The highest BCUT2D eigenvalue weighted by Gasteiger charge is 2.39. The summed E-state index contributed by atoms with van der Waals surface area (Å²) in [5.41, 5.74) is 5.61. The Labute approximate surface area is 128 Å². The van der Waals surface area contributed by atoms with E-state index in [4.69, 9.17) is 5.73 Å². The summed E-state index contributed by atoms with van der Waals surface area (Å²) in [4.78, 5) is 0.325. The minimum atomic E-state index is -3.42. The lowest BCUT2D eigenvalue weighted by Gasteiger charge is -2.22. The third-order valence-electron chi connectivity index (χ3n) is 3.47. The van der Waals surface area contributed by atoms with E-state index in [1.807, 2.05) is 6.92 Å². The second-order valence-corrected chi connectivity index (χ2v) is 7.79. The van der Waals surface area contributed by atoms with E-state index in [0.717, 1.165) is 6.42 Å². The van der Waals surface area contributed by atoms with Crippen molar-refractivity contribution in [1.82, 2.24) is 4.31 Å². The van der Waals surface area contributed by atoms with Crippen molar-refractivity contribution in [1.29, 1.82) is 0 Å². The number of sulfonamides is 1. The first-order valence-corrected chi connectivity index (χ1v) is 8.07. The van der Waals surface area contributed by atoms with Gasteiger partial charge < -0.3 is 5.73 Å². The van der Waals surface area contributed by atoms with Crippen molar-refractivity contribution >= 4 is 38.4 Å². The van der Waals surface area contributed by atoms with Gasteiger partial charge in [0.1, 0.15) is 0 Å². The summed E-state index contributed by atoms with van der Waals surface area (Å²) in [7, 11) is -3.42. The van der Waals surface area contributed by atoms with E-state index in [9.17, 15) is 8.42 Å². The maximum Gasteiger partial charge on any atom is 0.244 e. The Balaban J connectivity index is 0.00000180. The molecule has 7 heteroatoms. The molecular formula is C12H18BrClN2O2S. The molecule has 1 aliphatic heterocycles. The van der Waals surface area contributed by atoms with Crippen LogP contribution in [0.25, 0.3) is 0 Å². The molecule has 0 aromatic heterocycles. The molecule has 1 atom stereocenters. The number of nitrogens with two attached hydrogens (primary N) is 1. The molecule has 1 unspecified atom stereocenters. The summed E-state index contributed by atoms with van der Waals surface area (Å²) in [6.07, 6.45) is 0.813. The van der Waals surface area contributed by atoms with Gasteiger partial charge in [-0.05, 0) is 46.4 Å². The first-order chi connectivity index (χ1) is 8.39. The summed E-state index contributed by atoms with van der Waals surface area (Å²) in [5.74, 6) is 0. The molecule has 0 amide bonds. The van der Waals surface area contributed by atoms with E-state index in [0.29, 0.717) is 29.0 Å². The van der Waals surface area contributed by atoms with Gasteiger partial charge in [-0.3, -0.25) is 0 Å². The molecule has 1 aromatic rings. The lowest BCUT2D eigenvalue weighted by Crippen LogP contribution is -2.34. The molecule has 1 saturated heterocycles. The van der Waals surface area contributed by atoms with Crippen molar-refractivity contribution in [2.45, 2.75) is 18.2 Å². The average molecular weight is 370 g/mol. The Hall–Kier alpha value is -0.140. The van der Waals surface area contributed by atoms with Crippen molar-refractivity contribution < 1.29 is 8.42 Å². The maximum atomic E-state index is 12.5. The third kappa shape index (κ3) is 3.31. The van der Waals surface area contributed by atoms with Crippen LogP contribution < -0.4 is 5.73 Å². The highest BCUT2D eigenvalue weighted by Crippen LogP contribution is 2.34. The SMILES string of the molecule is CC1(CN)CCN(S(=O)(=O)c2ccccc2Br)C1.Cl. The van der Waals surface area contributed by atoms with Crippen LogP contribution in [0.2, 0.25) is 0 Å². The summed E-state index contributed by atoms with van der Waals surface area (Å²) in [6, 6.07) is 6.90. The highest BCUT2D eigenvalue weighted by atomic mass is 79.9. The Kier molecular flexibility index (Phi) is 5.43. The monoisotopic (exact) mass is 368 g/mol. The van der Waals surface area contributed by atoms with Gasteiger partial charge in [-0.2, -0.15) is 4.31 Å². The zero-order valence-corrected chi connectivity index (χ0v) is 13.9. The lowest BCUT2D eigenvalue weighted by atomic mass is 9.90. The van der Waals surface area contributed by atoms with Crippen LogP contribution in [0.15, 0.2) is 33.6 Å². The topological polar surface area (TPSA) is 63.4 Å². The fraction of sp³-hybridized carbons (Fsp3) is 0.500. The number of benzene rings is 1. The maximum absolute atomic E-state index is 12.5. The van der Waals surface area contributed by atoms with Gasteiger partial charge in [0, 0.05) is 17.6 Å². The molecule has 1 aromatic carbocycles. The Bertz CT molecular complexity index is 552. The van der Waals surface area contributed by atoms with E-state index < -0.39 is 10.0 Å². The van der Waals surface area contributed by atoms with E-state index >= 15 is 0 Å². The largest absolute Gasteiger partial charge is 0.330 e. The number of hydrogen-bond donors (Lipinski definition) is 1. The van der Waals surface area contributed by atoms with Crippen LogP contribution in [0.5, 0.6) is 0 Å². The zero-order chi connectivity index (χ0) is 13.4. The number of halogens is 2. The molecule has 0 aliphatic carbocycles. The van der Waals surface area contributed by atoms with E-state index in [2.05, 4.69) is 15.9 Å². The van der Waals surface area contributed by atoms with Crippen LogP contribution >= 0.6 is 28.3 Å². The fourth-order valence-corrected chi connectivity index (χ4v) is 4.70. The van der Waals surface area contributed by atoms with Gasteiger partial charge in [-0.25, -0.2) is 8.42 Å². The molecule has 1 fully saturated rings. The van der Waals surface area contributed by atoms with Crippen LogP contribution in [-0.4, -0.2) is 32.4 Å². The smallest absolute Gasteiger partial charge is 0.244 e. The standard InChI is InChI=1S/C12H17BrN2O2S.ClH/c1-12(8-14)6-7-15(9-12)18(16,17)11-5-3-2-4-10(11)13;/h2-5H,6-9,14H2,1H3;1H. The molecule has 0 bridgehead atoms. The van der Waals surface area contributed by atoms with Crippen LogP contribution in [-0.2, 0) is 10.0 Å². The van der Waals surface area contributed by atoms with Crippen molar-refractivity contribution in [3.63, 3.8) is 0 Å². The minimum Gasteiger partial charge on any atom is -0.330 e. The third-order valence-corrected chi connectivity index (χ3v) is 6.33. The zero-order valence-electron chi connectivity index (χ0n) is 10.7. The van der Waals surface area contributed by atoms with Gasteiger partial charge >= 0.3 is 0 Å². The first kappa shape index (κ1) is 16.9. The predicted molar refractivity (Wildman–Crippen MR) is 81.9 cm³/mol. The molecule has 0 radical (unpaired) electrons. The lowest BCUT2D eigenvalue weighted by molar-refractivity contribution is 0.349. The Morgan fingerprint density at radius 3 is 2.58 bits per heavy atom. The van der Waals surface area contributed by atoms with Crippen LogP contribution in [0, 0.1) is 5.41 Å². The molecule has 4 nitrogen and oxygen atoms in total. The van der Waals surface area contributed by atoms with E-state index in [1.165, 1.54) is 4.31 Å². The molecule has 108 valence electrons. The molecule has 1 heterocycles. The van der Waals surface area contributed by atoms with Crippen LogP contribution in [0.3, 0.4) is 0 Å². The van der Waals surface area contributed by atoms with E-state index in [1.54, 1.807) is 24.3 Å². The molecule has 2 N–H and O–H groups in total. The summed E-state index contributed by atoms with van der Waals surface area (Å²) in [5, 5.41) is 0. The molecule has 2 rings (SSSR count). The summed E-state index contributed by atoms with van der Waals surface area (Å²) >= 11 is 3.29. The van der Waals surface area contributed by atoms with Crippen LogP contribution in [0.4, 0.5) is 0 Å². The number of rotatable bonds is 3. The van der Waals surface area contributed by atoms with Crippen molar-refractivity contribution in [2.24, 2.45) is 11.1 Å². The van der Waals surface area contributed by atoms with Gasteiger partial charge in [0.15, 0.2) is 0 Å². The normalized spacial score (nSPS) is 24.2. The minimum absolute atomic E-state index is 0. The number of hydrogen-bond acceptors (Lipinski definition) is 3. The average Bonchev–Trinajstić information content (AvgIpc) is 2.74. The van der Waals surface area contributed by atoms with Gasteiger partial charge in [0.25, 0.3) is 0 Å². The fourth-order valence-electron chi connectivity index (χ4n) is 2.14. The molecular weight excluding hydrogens is 352 g/mol. The Morgan fingerprint density at radius 1 is 1.42 bits per heavy atom. The summed E-state index contributed by atoms with van der Waals surface area (Å²) in [6.45, 7) is 3.57.